The number of hydrogen-bond acceptors (Lipinski definition) is 6. The van der Waals surface area contributed by atoms with Gasteiger partial charge >= 0.3 is 5.97 Å². The summed E-state index contributed by atoms with van der Waals surface area (Å²) < 4.78 is 5.10. The van der Waals surface area contributed by atoms with E-state index in [1.807, 2.05) is 6.92 Å². The zero-order chi connectivity index (χ0) is 20.3. The highest BCUT2D eigenvalue weighted by Crippen LogP contribution is 2.27. The Morgan fingerprint density at radius 3 is 2.39 bits per heavy atom. The van der Waals surface area contributed by atoms with Crippen molar-refractivity contribution in [2.45, 2.75) is 13.3 Å². The quantitative estimate of drug-likeness (QED) is 0.329. The highest BCUT2D eigenvalue weighted by atomic mass is 16.6. The molecule has 0 saturated carbocycles. The van der Waals surface area contributed by atoms with Crippen molar-refractivity contribution in [1.82, 2.24) is 0 Å². The zero-order valence-corrected chi connectivity index (χ0v) is 15.2. The molecule has 1 heterocycles. The maximum absolute atomic E-state index is 12.3. The summed E-state index contributed by atoms with van der Waals surface area (Å²) in [6, 6.07) is 12.5. The first-order valence-corrected chi connectivity index (χ1v) is 8.66. The fourth-order valence-corrected chi connectivity index (χ4v) is 2.95. The van der Waals surface area contributed by atoms with E-state index in [4.69, 9.17) is 4.74 Å². The summed E-state index contributed by atoms with van der Waals surface area (Å²) in [6.07, 6.45) is -0.0332. The molecule has 1 fully saturated rings. The number of aryl methyl sites for hydroxylation is 1. The van der Waals surface area contributed by atoms with Gasteiger partial charge in [-0.25, -0.2) is 0 Å². The average Bonchev–Trinajstić information content (AvgIpc) is 3.08. The van der Waals surface area contributed by atoms with Crippen LogP contribution in [0.15, 0.2) is 48.5 Å². The Kier molecular flexibility index (Phi) is 5.49. The van der Waals surface area contributed by atoms with E-state index < -0.39 is 16.8 Å². The van der Waals surface area contributed by atoms with Gasteiger partial charge in [0.05, 0.1) is 10.8 Å². The van der Waals surface area contributed by atoms with E-state index in [-0.39, 0.29) is 37.0 Å². The van der Waals surface area contributed by atoms with Gasteiger partial charge in [-0.1, -0.05) is 29.8 Å². The number of nitro benzene ring substituents is 1. The van der Waals surface area contributed by atoms with E-state index in [1.54, 1.807) is 24.3 Å². The van der Waals surface area contributed by atoms with Gasteiger partial charge in [-0.15, -0.1) is 0 Å². The number of ketones is 1. The van der Waals surface area contributed by atoms with Crippen LogP contribution in [0.1, 0.15) is 22.3 Å². The molecule has 1 aliphatic heterocycles. The molecule has 1 aliphatic rings. The topological polar surface area (TPSA) is 107 Å². The van der Waals surface area contributed by atoms with Crippen LogP contribution in [0.25, 0.3) is 0 Å². The lowest BCUT2D eigenvalue weighted by Gasteiger charge is -2.16. The van der Waals surface area contributed by atoms with E-state index >= 15 is 0 Å². The second kappa shape index (κ2) is 7.99. The Morgan fingerprint density at radius 1 is 1.14 bits per heavy atom. The fourth-order valence-electron chi connectivity index (χ4n) is 2.95. The molecule has 8 nitrogen and oxygen atoms in total. The van der Waals surface area contributed by atoms with Crippen molar-refractivity contribution >= 4 is 29.0 Å². The third-order valence-electron chi connectivity index (χ3n) is 4.55. The normalized spacial score (nSPS) is 16.1. The lowest BCUT2D eigenvalue weighted by atomic mass is 10.1. The minimum absolute atomic E-state index is 0.0332. The fraction of sp³-hybridized carbons (Fsp3) is 0.250. The van der Waals surface area contributed by atoms with Crippen molar-refractivity contribution in [3.8, 4) is 0 Å². The molecule has 28 heavy (non-hydrogen) atoms. The first kappa shape index (κ1) is 19.2. The number of nitro groups is 1. The summed E-state index contributed by atoms with van der Waals surface area (Å²) in [5, 5.41) is 10.7. The Morgan fingerprint density at radius 2 is 1.79 bits per heavy atom. The third-order valence-corrected chi connectivity index (χ3v) is 4.55. The van der Waals surface area contributed by atoms with E-state index in [2.05, 4.69) is 0 Å². The molecule has 0 aromatic heterocycles. The van der Waals surface area contributed by atoms with Gasteiger partial charge in [0.15, 0.2) is 12.4 Å². The van der Waals surface area contributed by atoms with Crippen LogP contribution in [0, 0.1) is 23.0 Å². The number of hydrogen-bond donors (Lipinski definition) is 0. The number of rotatable bonds is 6. The predicted octanol–water partition coefficient (Wildman–Crippen LogP) is 2.68. The molecule has 0 unspecified atom stereocenters. The number of benzene rings is 2. The Hall–Kier alpha value is -3.55. The largest absolute Gasteiger partial charge is 0.457 e. The van der Waals surface area contributed by atoms with E-state index in [0.29, 0.717) is 11.3 Å². The molecule has 0 radical (unpaired) electrons. The molecule has 144 valence electrons. The maximum atomic E-state index is 12.3. The van der Waals surface area contributed by atoms with Crippen LogP contribution in [0.2, 0.25) is 0 Å². The Balaban J connectivity index is 1.58. The molecule has 2 aromatic carbocycles. The van der Waals surface area contributed by atoms with Crippen molar-refractivity contribution in [3.05, 3.63) is 69.8 Å². The molecule has 8 heteroatoms. The van der Waals surface area contributed by atoms with E-state index in [0.717, 1.165) is 5.56 Å². The predicted molar refractivity (Wildman–Crippen MR) is 100 cm³/mol. The van der Waals surface area contributed by atoms with Crippen LogP contribution in [0.4, 0.5) is 11.4 Å². The van der Waals surface area contributed by atoms with Gasteiger partial charge < -0.3 is 9.64 Å². The number of amides is 1. The van der Waals surface area contributed by atoms with E-state index in [9.17, 15) is 24.5 Å². The Bertz CT molecular complexity index is 921. The number of non-ortho nitro benzene ring substituents is 1. The van der Waals surface area contributed by atoms with Gasteiger partial charge in [0, 0.05) is 36.3 Å². The van der Waals surface area contributed by atoms with Crippen molar-refractivity contribution in [2.24, 2.45) is 5.92 Å². The van der Waals surface area contributed by atoms with Crippen LogP contribution in [-0.4, -0.2) is 35.7 Å². The van der Waals surface area contributed by atoms with Crippen molar-refractivity contribution in [2.75, 3.05) is 18.1 Å². The van der Waals surface area contributed by atoms with Crippen molar-refractivity contribution < 1.29 is 24.0 Å². The van der Waals surface area contributed by atoms with Crippen LogP contribution in [0.3, 0.4) is 0 Å². The number of nitrogens with zero attached hydrogens (tertiary/aromatic N) is 2. The second-order valence-electron chi connectivity index (χ2n) is 6.58. The van der Waals surface area contributed by atoms with Crippen LogP contribution >= 0.6 is 0 Å². The summed E-state index contributed by atoms with van der Waals surface area (Å²) >= 11 is 0. The van der Waals surface area contributed by atoms with Gasteiger partial charge in [0.1, 0.15) is 0 Å². The van der Waals surface area contributed by atoms with Crippen molar-refractivity contribution in [1.29, 1.82) is 0 Å². The molecule has 0 bridgehead atoms. The smallest absolute Gasteiger partial charge is 0.311 e. The SMILES string of the molecule is Cc1ccc(C(=O)COC(=O)[C@H]2CC(=O)N(c3ccc([N+](=O)[O-])cc3)C2)cc1. The number of esters is 1. The third kappa shape index (κ3) is 4.22. The monoisotopic (exact) mass is 382 g/mol. The summed E-state index contributed by atoms with van der Waals surface area (Å²) in [5.74, 6) is -1.89. The highest BCUT2D eigenvalue weighted by Gasteiger charge is 2.36. The number of carbonyl (C=O) groups excluding carboxylic acids is 3. The molecule has 0 N–H and O–H groups in total. The van der Waals surface area contributed by atoms with Crippen LogP contribution in [0.5, 0.6) is 0 Å². The van der Waals surface area contributed by atoms with Gasteiger partial charge in [0.2, 0.25) is 5.91 Å². The summed E-state index contributed by atoms with van der Waals surface area (Å²) in [4.78, 5) is 48.2. The standard InChI is InChI=1S/C20H18N2O6/c1-13-2-4-14(5-3-13)18(23)12-28-20(25)15-10-19(24)21(11-15)16-6-8-17(9-7-16)22(26)27/h2-9,15H,10-12H2,1H3/t15-/m0/s1. The second-order valence-corrected chi connectivity index (χ2v) is 6.58. The average molecular weight is 382 g/mol. The summed E-state index contributed by atoms with van der Waals surface area (Å²) in [6.45, 7) is 1.63. The maximum Gasteiger partial charge on any atom is 0.311 e. The zero-order valence-electron chi connectivity index (χ0n) is 15.2. The highest BCUT2D eigenvalue weighted by molar-refractivity contribution is 6.01. The van der Waals surface area contributed by atoms with E-state index in [1.165, 1.54) is 29.2 Å². The molecule has 1 atom stereocenters. The molecule has 1 amide bonds. The van der Waals surface area contributed by atoms with Gasteiger partial charge in [0.25, 0.3) is 5.69 Å². The lowest BCUT2D eigenvalue weighted by molar-refractivity contribution is -0.384. The van der Waals surface area contributed by atoms with Gasteiger partial charge in [-0.3, -0.25) is 24.5 Å². The number of ether oxygens (including phenoxy) is 1. The molecule has 2 aromatic rings. The molecule has 0 spiro atoms. The first-order valence-electron chi connectivity index (χ1n) is 8.66. The number of Topliss-reactive ketones (excluding diaryl/α,β-unsaturated/α-hetero) is 1. The molecule has 0 aliphatic carbocycles. The number of carbonyl (C=O) groups is 3. The summed E-state index contributed by atoms with van der Waals surface area (Å²) in [5.41, 5.74) is 1.86. The lowest BCUT2D eigenvalue weighted by Crippen LogP contribution is -2.27. The van der Waals surface area contributed by atoms with Crippen LogP contribution < -0.4 is 4.90 Å². The first-order chi connectivity index (χ1) is 13.3. The summed E-state index contributed by atoms with van der Waals surface area (Å²) in [7, 11) is 0. The van der Waals surface area contributed by atoms with Crippen molar-refractivity contribution in [3.63, 3.8) is 0 Å². The molecular formula is C20H18N2O6. The number of anilines is 1. The minimum Gasteiger partial charge on any atom is -0.457 e. The molecular weight excluding hydrogens is 364 g/mol. The molecule has 3 rings (SSSR count). The van der Waals surface area contributed by atoms with Gasteiger partial charge in [-0.2, -0.15) is 0 Å². The van der Waals surface area contributed by atoms with Crippen LogP contribution in [-0.2, 0) is 14.3 Å². The minimum atomic E-state index is -0.687. The Labute approximate surface area is 160 Å². The van der Waals surface area contributed by atoms with Gasteiger partial charge in [-0.05, 0) is 19.1 Å². The molecule has 1 saturated heterocycles.